The fraction of sp³-hybridized carbons (Fsp3) is 0.833. The third-order valence-corrected chi connectivity index (χ3v) is 4.28. The zero-order chi connectivity index (χ0) is 12.0. The number of ketones is 1. The lowest BCUT2D eigenvalue weighted by atomic mass is 9.70. The predicted molar refractivity (Wildman–Crippen MR) is 65.8 cm³/mol. The van der Waals surface area contributed by atoms with Gasteiger partial charge in [0.15, 0.2) is 0 Å². The highest BCUT2D eigenvalue weighted by Gasteiger charge is 2.45. The summed E-state index contributed by atoms with van der Waals surface area (Å²) in [5, 5.41) is 9.29. The molecule has 0 amide bonds. The minimum Gasteiger partial charge on any atom is -0.480 e. The van der Waals surface area contributed by atoms with Gasteiger partial charge < -0.3 is 5.11 Å². The van der Waals surface area contributed by atoms with Crippen LogP contribution in [0.4, 0.5) is 0 Å². The minimum atomic E-state index is -1.05. The summed E-state index contributed by atoms with van der Waals surface area (Å²) >= 11 is 1.80. The van der Waals surface area contributed by atoms with Crippen molar-refractivity contribution in [1.29, 1.82) is 0 Å². The zero-order valence-electron chi connectivity index (χ0n) is 9.83. The van der Waals surface area contributed by atoms with Crippen LogP contribution in [0, 0.1) is 5.41 Å². The van der Waals surface area contributed by atoms with Crippen LogP contribution in [0.25, 0.3) is 0 Å². The molecular formula is C12H20O3S. The molecule has 0 heterocycles. The van der Waals surface area contributed by atoms with Gasteiger partial charge in [0.05, 0.1) is 0 Å². The molecule has 1 aliphatic carbocycles. The summed E-state index contributed by atoms with van der Waals surface area (Å²) in [6.07, 6.45) is 4.08. The maximum atomic E-state index is 11.8. The lowest BCUT2D eigenvalue weighted by molar-refractivity contribution is -0.157. The molecule has 0 radical (unpaired) electrons. The second-order valence-corrected chi connectivity index (χ2v) is 5.71. The van der Waals surface area contributed by atoms with Crippen molar-refractivity contribution in [2.75, 3.05) is 11.5 Å². The van der Waals surface area contributed by atoms with Gasteiger partial charge in [-0.1, -0.05) is 13.3 Å². The van der Waals surface area contributed by atoms with E-state index in [9.17, 15) is 14.7 Å². The molecule has 4 heteroatoms. The molecule has 1 unspecified atom stereocenters. The molecule has 0 aromatic carbocycles. The van der Waals surface area contributed by atoms with Gasteiger partial charge in [0.1, 0.15) is 11.2 Å². The number of hydrogen-bond acceptors (Lipinski definition) is 3. The fourth-order valence-electron chi connectivity index (χ4n) is 2.31. The van der Waals surface area contributed by atoms with Crippen molar-refractivity contribution in [1.82, 2.24) is 0 Å². The van der Waals surface area contributed by atoms with Crippen LogP contribution in [0.1, 0.15) is 45.4 Å². The van der Waals surface area contributed by atoms with Crippen LogP contribution in [0.2, 0.25) is 0 Å². The minimum absolute atomic E-state index is 0.0484. The average molecular weight is 244 g/mol. The van der Waals surface area contributed by atoms with Crippen molar-refractivity contribution >= 4 is 23.5 Å². The molecule has 0 aromatic rings. The van der Waals surface area contributed by atoms with Gasteiger partial charge in [-0.05, 0) is 37.2 Å². The van der Waals surface area contributed by atoms with E-state index in [1.807, 2.05) is 0 Å². The first kappa shape index (κ1) is 13.6. The Bertz CT molecular complexity index is 265. The van der Waals surface area contributed by atoms with E-state index in [1.54, 1.807) is 11.8 Å². The lowest BCUT2D eigenvalue weighted by Crippen LogP contribution is -2.41. The molecule has 0 spiro atoms. The van der Waals surface area contributed by atoms with Crippen LogP contribution in [-0.4, -0.2) is 28.4 Å². The Labute approximate surface area is 101 Å². The standard InChI is InChI=1S/C12H20O3S/c1-2-16-9-5-8-12(11(14)15)7-4-3-6-10(12)13/h2-9H2,1H3,(H,14,15). The summed E-state index contributed by atoms with van der Waals surface area (Å²) in [6, 6.07) is 0. The van der Waals surface area contributed by atoms with Gasteiger partial charge >= 0.3 is 5.97 Å². The molecule has 1 atom stereocenters. The summed E-state index contributed by atoms with van der Waals surface area (Å²) in [5.74, 6) is 1.05. The number of aliphatic carboxylic acids is 1. The Hall–Kier alpha value is -0.510. The zero-order valence-corrected chi connectivity index (χ0v) is 10.6. The number of thioether (sulfide) groups is 1. The quantitative estimate of drug-likeness (QED) is 0.576. The third kappa shape index (κ3) is 3.00. The molecule has 0 saturated heterocycles. The Morgan fingerprint density at radius 1 is 1.50 bits per heavy atom. The Balaban J connectivity index is 2.57. The monoisotopic (exact) mass is 244 g/mol. The summed E-state index contributed by atoms with van der Waals surface area (Å²) in [6.45, 7) is 2.09. The van der Waals surface area contributed by atoms with Crippen molar-refractivity contribution in [3.63, 3.8) is 0 Å². The van der Waals surface area contributed by atoms with E-state index in [2.05, 4.69) is 6.92 Å². The van der Waals surface area contributed by atoms with Crippen LogP contribution in [0.15, 0.2) is 0 Å². The summed E-state index contributed by atoms with van der Waals surface area (Å²) in [4.78, 5) is 23.2. The summed E-state index contributed by atoms with van der Waals surface area (Å²) in [5.41, 5.74) is -1.05. The number of carbonyl (C=O) groups is 2. The average Bonchev–Trinajstić information content (AvgIpc) is 2.26. The number of hydrogen-bond donors (Lipinski definition) is 1. The van der Waals surface area contributed by atoms with E-state index in [1.165, 1.54) is 0 Å². The smallest absolute Gasteiger partial charge is 0.317 e. The van der Waals surface area contributed by atoms with E-state index in [0.717, 1.165) is 30.8 Å². The molecule has 16 heavy (non-hydrogen) atoms. The maximum absolute atomic E-state index is 11.8. The van der Waals surface area contributed by atoms with Gasteiger partial charge in [0.25, 0.3) is 0 Å². The topological polar surface area (TPSA) is 54.4 Å². The van der Waals surface area contributed by atoms with Crippen molar-refractivity contribution in [3.05, 3.63) is 0 Å². The number of carboxylic acids is 1. The largest absolute Gasteiger partial charge is 0.480 e. The molecule has 1 fully saturated rings. The van der Waals surface area contributed by atoms with Crippen molar-refractivity contribution in [2.45, 2.75) is 45.4 Å². The molecule has 0 aromatic heterocycles. The molecule has 0 bridgehead atoms. The highest BCUT2D eigenvalue weighted by molar-refractivity contribution is 7.99. The SMILES string of the molecule is CCSCCCC1(C(=O)O)CCCCC1=O. The highest BCUT2D eigenvalue weighted by Crippen LogP contribution is 2.38. The molecule has 0 aliphatic heterocycles. The Kier molecular flexibility index (Phi) is 5.32. The van der Waals surface area contributed by atoms with Gasteiger partial charge in [-0.2, -0.15) is 11.8 Å². The van der Waals surface area contributed by atoms with Crippen LogP contribution < -0.4 is 0 Å². The van der Waals surface area contributed by atoms with Crippen molar-refractivity contribution in [3.8, 4) is 0 Å². The fourth-order valence-corrected chi connectivity index (χ4v) is 2.95. The molecular weight excluding hydrogens is 224 g/mol. The van der Waals surface area contributed by atoms with Gasteiger partial charge in [-0.15, -0.1) is 0 Å². The van der Waals surface area contributed by atoms with Crippen LogP contribution in [0.5, 0.6) is 0 Å². The molecule has 92 valence electrons. The first-order valence-electron chi connectivity index (χ1n) is 5.98. The molecule has 1 saturated carbocycles. The Morgan fingerprint density at radius 2 is 2.25 bits per heavy atom. The second kappa shape index (κ2) is 6.28. The van der Waals surface area contributed by atoms with Crippen molar-refractivity contribution in [2.24, 2.45) is 5.41 Å². The van der Waals surface area contributed by atoms with E-state index in [-0.39, 0.29) is 5.78 Å². The molecule has 1 aliphatic rings. The number of rotatable bonds is 6. The second-order valence-electron chi connectivity index (χ2n) is 4.32. The molecule has 1 rings (SSSR count). The van der Waals surface area contributed by atoms with Crippen LogP contribution >= 0.6 is 11.8 Å². The molecule has 1 N–H and O–H groups in total. The van der Waals surface area contributed by atoms with E-state index >= 15 is 0 Å². The van der Waals surface area contributed by atoms with Gasteiger partial charge in [-0.25, -0.2) is 0 Å². The lowest BCUT2D eigenvalue weighted by Gasteiger charge is -2.31. The maximum Gasteiger partial charge on any atom is 0.317 e. The van der Waals surface area contributed by atoms with Gasteiger partial charge in [0.2, 0.25) is 0 Å². The first-order chi connectivity index (χ1) is 7.63. The normalized spacial score (nSPS) is 25.7. The summed E-state index contributed by atoms with van der Waals surface area (Å²) in [7, 11) is 0. The van der Waals surface area contributed by atoms with E-state index < -0.39 is 11.4 Å². The third-order valence-electron chi connectivity index (χ3n) is 3.30. The van der Waals surface area contributed by atoms with Gasteiger partial charge in [-0.3, -0.25) is 9.59 Å². The highest BCUT2D eigenvalue weighted by atomic mass is 32.2. The molecule has 3 nitrogen and oxygen atoms in total. The predicted octanol–water partition coefficient (Wildman–Crippen LogP) is 2.73. The number of carbonyl (C=O) groups excluding carboxylic acids is 1. The van der Waals surface area contributed by atoms with E-state index in [4.69, 9.17) is 0 Å². The summed E-state index contributed by atoms with van der Waals surface area (Å²) < 4.78 is 0. The number of Topliss-reactive ketones (excluding diaryl/α,β-unsaturated/α-hetero) is 1. The van der Waals surface area contributed by atoms with Crippen molar-refractivity contribution < 1.29 is 14.7 Å². The van der Waals surface area contributed by atoms with E-state index in [0.29, 0.717) is 19.3 Å². The first-order valence-corrected chi connectivity index (χ1v) is 7.13. The van der Waals surface area contributed by atoms with Gasteiger partial charge in [0, 0.05) is 6.42 Å². The van der Waals surface area contributed by atoms with Crippen LogP contribution in [-0.2, 0) is 9.59 Å². The Morgan fingerprint density at radius 3 is 2.81 bits per heavy atom. The number of carboxylic acid groups (broad SMARTS) is 1. The van der Waals surface area contributed by atoms with Crippen LogP contribution in [0.3, 0.4) is 0 Å².